The van der Waals surface area contributed by atoms with E-state index in [1.807, 2.05) is 0 Å². The van der Waals surface area contributed by atoms with Gasteiger partial charge in [-0.1, -0.05) is 27.7 Å². The van der Waals surface area contributed by atoms with E-state index in [1.165, 1.54) is 45.7 Å². The minimum atomic E-state index is 1.01. The second-order valence-corrected chi connectivity index (χ2v) is 8.21. The van der Waals surface area contributed by atoms with Gasteiger partial charge in [-0.05, 0) is 87.4 Å². The van der Waals surface area contributed by atoms with Gasteiger partial charge in [-0.3, -0.25) is 0 Å². The number of fused-ring (bicyclic) bond motifs is 5. The lowest BCUT2D eigenvalue weighted by molar-refractivity contribution is 0.102. The van der Waals surface area contributed by atoms with E-state index >= 15 is 0 Å². The van der Waals surface area contributed by atoms with Gasteiger partial charge in [-0.15, -0.1) is 0 Å². The molecule has 3 fully saturated rings. The molecule has 0 aromatic heterocycles. The molecule has 2 bridgehead atoms. The lowest BCUT2D eigenvalue weighted by Gasteiger charge is -2.38. The van der Waals surface area contributed by atoms with Gasteiger partial charge in [-0.2, -0.15) is 0 Å². The van der Waals surface area contributed by atoms with Crippen molar-refractivity contribution in [1.29, 1.82) is 0 Å². The minimum absolute atomic E-state index is 1.01. The number of hydrogen-bond donors (Lipinski definition) is 0. The monoisotopic (exact) mass is 306 g/mol. The summed E-state index contributed by atoms with van der Waals surface area (Å²) in [6.45, 7) is 17.0. The highest BCUT2D eigenvalue weighted by Crippen LogP contribution is 2.62. The average Bonchev–Trinajstić information content (AvgIpc) is 3.22. The van der Waals surface area contributed by atoms with Crippen molar-refractivity contribution in [3.05, 3.63) is 0 Å². The largest absolute Gasteiger partial charge is 0.304 e. The van der Waals surface area contributed by atoms with Crippen molar-refractivity contribution in [2.75, 3.05) is 39.3 Å². The molecule has 2 heteroatoms. The van der Waals surface area contributed by atoms with Crippen molar-refractivity contribution in [3.8, 4) is 0 Å². The van der Waals surface area contributed by atoms with E-state index in [2.05, 4.69) is 37.5 Å². The molecule has 3 aliphatic carbocycles. The first-order chi connectivity index (χ1) is 10.7. The Hall–Kier alpha value is -0.0800. The smallest absolute Gasteiger partial charge is 0.00123 e. The fraction of sp³-hybridized carbons (Fsp3) is 1.00. The van der Waals surface area contributed by atoms with Crippen LogP contribution in [0.3, 0.4) is 0 Å². The third-order valence-corrected chi connectivity index (χ3v) is 7.57. The first kappa shape index (κ1) is 16.8. The Morgan fingerprint density at radius 1 is 0.682 bits per heavy atom. The Morgan fingerprint density at radius 2 is 1.27 bits per heavy atom. The van der Waals surface area contributed by atoms with Gasteiger partial charge in [0.15, 0.2) is 0 Å². The van der Waals surface area contributed by atoms with E-state index < -0.39 is 0 Å². The molecule has 128 valence electrons. The van der Waals surface area contributed by atoms with E-state index in [0.29, 0.717) is 0 Å². The number of hydrogen-bond acceptors (Lipinski definition) is 2. The fourth-order valence-electron chi connectivity index (χ4n) is 6.43. The Kier molecular flexibility index (Phi) is 5.50. The third kappa shape index (κ3) is 2.98. The molecule has 0 spiro atoms. The molecule has 6 unspecified atom stereocenters. The topological polar surface area (TPSA) is 6.48 Å². The Balaban J connectivity index is 1.64. The lowest BCUT2D eigenvalue weighted by atomic mass is 9.72. The maximum atomic E-state index is 2.68. The Labute approximate surface area is 138 Å². The zero-order chi connectivity index (χ0) is 15.7. The average molecular weight is 307 g/mol. The number of nitrogens with zero attached hydrogens (tertiary/aromatic N) is 2. The molecule has 0 aliphatic heterocycles. The van der Waals surface area contributed by atoms with Crippen molar-refractivity contribution < 1.29 is 0 Å². The highest BCUT2D eigenvalue weighted by Gasteiger charge is 2.56. The summed E-state index contributed by atoms with van der Waals surface area (Å²) in [6, 6.07) is 0. The Bertz CT molecular complexity index is 348. The maximum Gasteiger partial charge on any atom is 0.00123 e. The van der Waals surface area contributed by atoms with E-state index in [0.717, 1.165) is 35.5 Å². The van der Waals surface area contributed by atoms with Gasteiger partial charge in [0.05, 0.1) is 0 Å². The second kappa shape index (κ2) is 7.21. The maximum absolute atomic E-state index is 2.68. The van der Waals surface area contributed by atoms with Crippen molar-refractivity contribution in [1.82, 2.24) is 9.80 Å². The van der Waals surface area contributed by atoms with Crippen LogP contribution < -0.4 is 0 Å². The first-order valence-corrected chi connectivity index (χ1v) is 10.2. The molecule has 0 amide bonds. The van der Waals surface area contributed by atoms with Crippen molar-refractivity contribution in [3.63, 3.8) is 0 Å². The van der Waals surface area contributed by atoms with Gasteiger partial charge in [0, 0.05) is 13.1 Å². The molecule has 0 aromatic rings. The van der Waals surface area contributed by atoms with E-state index in [4.69, 9.17) is 0 Å². The van der Waals surface area contributed by atoms with Crippen LogP contribution in [0.1, 0.15) is 53.4 Å². The van der Waals surface area contributed by atoms with Crippen LogP contribution in [0.25, 0.3) is 0 Å². The van der Waals surface area contributed by atoms with Crippen molar-refractivity contribution >= 4 is 0 Å². The summed E-state index contributed by atoms with van der Waals surface area (Å²) in [5, 5.41) is 0. The molecule has 0 aromatic carbocycles. The fourth-order valence-corrected chi connectivity index (χ4v) is 6.43. The molecule has 0 saturated heterocycles. The van der Waals surface area contributed by atoms with Crippen molar-refractivity contribution in [2.45, 2.75) is 53.4 Å². The van der Waals surface area contributed by atoms with Crippen LogP contribution >= 0.6 is 0 Å². The summed E-state index contributed by atoms with van der Waals surface area (Å²) in [7, 11) is 0. The van der Waals surface area contributed by atoms with Crippen LogP contribution in [0.5, 0.6) is 0 Å². The zero-order valence-electron chi connectivity index (χ0n) is 15.4. The molecule has 3 rings (SSSR count). The molecule has 0 heterocycles. The van der Waals surface area contributed by atoms with Crippen LogP contribution in [0.4, 0.5) is 0 Å². The van der Waals surface area contributed by atoms with Crippen LogP contribution in [0, 0.1) is 35.5 Å². The second-order valence-electron chi connectivity index (χ2n) is 8.21. The molecule has 3 saturated carbocycles. The summed E-state index contributed by atoms with van der Waals surface area (Å²) < 4.78 is 0. The SMILES string of the molecule is CCN(CC)CC1CC2CC1C1C(CN(CC)CC)CCC21. The third-order valence-electron chi connectivity index (χ3n) is 7.57. The summed E-state index contributed by atoms with van der Waals surface area (Å²) in [6.07, 6.45) is 6.21. The molecule has 2 nitrogen and oxygen atoms in total. The normalized spacial score (nSPS) is 40.1. The molecular weight excluding hydrogens is 268 g/mol. The summed E-state index contributed by atoms with van der Waals surface area (Å²) in [4.78, 5) is 5.35. The Morgan fingerprint density at radius 3 is 1.86 bits per heavy atom. The van der Waals surface area contributed by atoms with Crippen molar-refractivity contribution in [2.24, 2.45) is 35.5 Å². The van der Waals surface area contributed by atoms with Gasteiger partial charge in [-0.25, -0.2) is 0 Å². The van der Waals surface area contributed by atoms with Crippen LogP contribution in [-0.2, 0) is 0 Å². The lowest BCUT2D eigenvalue weighted by Crippen LogP contribution is -2.39. The zero-order valence-corrected chi connectivity index (χ0v) is 15.4. The molecule has 3 aliphatic rings. The molecule has 0 radical (unpaired) electrons. The highest BCUT2D eigenvalue weighted by atomic mass is 15.1. The predicted octanol–water partition coefficient (Wildman–Crippen LogP) is 3.97. The van der Waals surface area contributed by atoms with E-state index in [9.17, 15) is 0 Å². The first-order valence-electron chi connectivity index (χ1n) is 10.2. The minimum Gasteiger partial charge on any atom is -0.304 e. The summed E-state index contributed by atoms with van der Waals surface area (Å²) in [5.41, 5.74) is 0. The molecule has 6 atom stereocenters. The van der Waals surface area contributed by atoms with Gasteiger partial charge in [0.25, 0.3) is 0 Å². The van der Waals surface area contributed by atoms with Crippen LogP contribution in [0.2, 0.25) is 0 Å². The number of rotatable bonds is 8. The predicted molar refractivity (Wildman–Crippen MR) is 95.0 cm³/mol. The van der Waals surface area contributed by atoms with Gasteiger partial charge < -0.3 is 9.80 Å². The molecule has 22 heavy (non-hydrogen) atoms. The van der Waals surface area contributed by atoms with Gasteiger partial charge >= 0.3 is 0 Å². The van der Waals surface area contributed by atoms with Crippen LogP contribution in [-0.4, -0.2) is 49.1 Å². The molecular formula is C20H38N2. The van der Waals surface area contributed by atoms with Gasteiger partial charge in [0.1, 0.15) is 0 Å². The van der Waals surface area contributed by atoms with E-state index in [1.54, 1.807) is 19.3 Å². The highest BCUT2D eigenvalue weighted by molar-refractivity contribution is 5.06. The summed E-state index contributed by atoms with van der Waals surface area (Å²) in [5.74, 6) is 6.39. The van der Waals surface area contributed by atoms with E-state index in [-0.39, 0.29) is 0 Å². The standard InChI is InChI=1S/C20H38N2/c1-5-21(6-2)13-15-9-10-18-16-11-17(14-22(7-3)8-4)19(12-16)20(15)18/h15-20H,5-14H2,1-4H3. The van der Waals surface area contributed by atoms with Gasteiger partial charge in [0.2, 0.25) is 0 Å². The quantitative estimate of drug-likeness (QED) is 0.669. The molecule has 0 N–H and O–H groups in total. The van der Waals surface area contributed by atoms with Crippen LogP contribution in [0.15, 0.2) is 0 Å². The summed E-state index contributed by atoms with van der Waals surface area (Å²) >= 11 is 0.